The van der Waals surface area contributed by atoms with Gasteiger partial charge in [-0.1, -0.05) is 34.1 Å². The fourth-order valence-electron chi connectivity index (χ4n) is 3.29. The van der Waals surface area contributed by atoms with E-state index in [4.69, 9.17) is 9.47 Å². The van der Waals surface area contributed by atoms with Crippen molar-refractivity contribution in [1.29, 1.82) is 0 Å². The average molecular weight is 388 g/mol. The molecule has 2 aromatic rings. The van der Waals surface area contributed by atoms with Crippen LogP contribution in [-0.4, -0.2) is 24.6 Å². The Bertz CT molecular complexity index is 801. The Morgan fingerprint density at radius 2 is 1.96 bits per heavy atom. The second kappa shape index (κ2) is 5.81. The number of hydrogen-bond donors (Lipinski definition) is 0. The Morgan fingerprint density at radius 1 is 1.17 bits per heavy atom. The summed E-state index contributed by atoms with van der Waals surface area (Å²) < 4.78 is 11.8. The molecular formula is C19H18BrNO3. The number of likely N-dealkylation sites (N-methyl/N-ethyl adjacent to an activating group) is 1. The minimum atomic E-state index is -0.352. The minimum absolute atomic E-state index is 0.179. The van der Waals surface area contributed by atoms with Gasteiger partial charge in [-0.15, -0.1) is 0 Å². The van der Waals surface area contributed by atoms with E-state index in [1.165, 1.54) is 0 Å². The molecule has 0 bridgehead atoms. The van der Waals surface area contributed by atoms with Gasteiger partial charge >= 0.3 is 0 Å². The van der Waals surface area contributed by atoms with Crippen molar-refractivity contribution in [2.24, 2.45) is 0 Å². The van der Waals surface area contributed by atoms with E-state index in [9.17, 15) is 4.79 Å². The molecular weight excluding hydrogens is 370 g/mol. The summed E-state index contributed by atoms with van der Waals surface area (Å²) in [5.74, 6) is 1.69. The molecule has 4 rings (SSSR count). The molecule has 0 unspecified atom stereocenters. The van der Waals surface area contributed by atoms with E-state index in [-0.39, 0.29) is 18.1 Å². The molecule has 1 saturated carbocycles. The lowest BCUT2D eigenvalue weighted by atomic mass is 9.94. The van der Waals surface area contributed by atoms with E-state index < -0.39 is 0 Å². The monoisotopic (exact) mass is 387 g/mol. The number of halogens is 1. The molecule has 1 fully saturated rings. The van der Waals surface area contributed by atoms with Crippen LogP contribution in [0.25, 0.3) is 0 Å². The van der Waals surface area contributed by atoms with Gasteiger partial charge in [0.2, 0.25) is 12.7 Å². The Hall–Kier alpha value is -2.01. The minimum Gasteiger partial charge on any atom is -0.454 e. The maximum Gasteiger partial charge on any atom is 0.233 e. The van der Waals surface area contributed by atoms with Crippen LogP contribution in [0.4, 0.5) is 0 Å². The highest BCUT2D eigenvalue weighted by atomic mass is 79.9. The molecule has 1 heterocycles. The van der Waals surface area contributed by atoms with E-state index in [1.807, 2.05) is 48.3 Å². The Kier molecular flexibility index (Phi) is 3.76. The maximum atomic E-state index is 13.0. The molecule has 0 aromatic heterocycles. The molecule has 1 aliphatic carbocycles. The Morgan fingerprint density at radius 3 is 2.71 bits per heavy atom. The lowest BCUT2D eigenvalue weighted by Crippen LogP contribution is -2.36. The van der Waals surface area contributed by atoms with Gasteiger partial charge in [-0.05, 0) is 48.2 Å². The van der Waals surface area contributed by atoms with Gasteiger partial charge in [-0.25, -0.2) is 0 Å². The predicted octanol–water partition coefficient (Wildman–Crippen LogP) is 3.87. The van der Waals surface area contributed by atoms with E-state index in [0.717, 1.165) is 39.9 Å². The zero-order valence-electron chi connectivity index (χ0n) is 13.4. The van der Waals surface area contributed by atoms with Crippen LogP contribution in [0.15, 0.2) is 46.9 Å². The van der Waals surface area contributed by atoms with E-state index in [2.05, 4.69) is 22.0 Å². The highest BCUT2D eigenvalue weighted by Gasteiger charge is 2.52. The van der Waals surface area contributed by atoms with Gasteiger partial charge in [-0.3, -0.25) is 4.79 Å². The molecule has 124 valence electrons. The topological polar surface area (TPSA) is 38.8 Å². The molecule has 0 saturated heterocycles. The lowest BCUT2D eigenvalue weighted by Gasteiger charge is -2.24. The van der Waals surface area contributed by atoms with E-state index in [1.54, 1.807) is 0 Å². The lowest BCUT2D eigenvalue weighted by molar-refractivity contribution is -0.133. The largest absolute Gasteiger partial charge is 0.454 e. The SMILES string of the molecule is CN(Cc1ccc2c(c1)OCO2)C(=O)C1(c2cccc(Br)c2)CC1. The van der Waals surface area contributed by atoms with Gasteiger partial charge in [0, 0.05) is 18.1 Å². The van der Waals surface area contributed by atoms with Crippen LogP contribution in [0, 0.1) is 0 Å². The number of rotatable bonds is 4. The second-order valence-corrected chi connectivity index (χ2v) is 7.36. The maximum absolute atomic E-state index is 13.0. The molecule has 0 N–H and O–H groups in total. The van der Waals surface area contributed by atoms with Crippen molar-refractivity contribution in [3.63, 3.8) is 0 Å². The van der Waals surface area contributed by atoms with Crippen LogP contribution in [0.2, 0.25) is 0 Å². The molecule has 2 aliphatic rings. The fraction of sp³-hybridized carbons (Fsp3) is 0.316. The zero-order valence-corrected chi connectivity index (χ0v) is 15.0. The Labute approximate surface area is 149 Å². The molecule has 24 heavy (non-hydrogen) atoms. The number of hydrogen-bond acceptors (Lipinski definition) is 3. The number of nitrogens with zero attached hydrogens (tertiary/aromatic N) is 1. The summed E-state index contributed by atoms with van der Waals surface area (Å²) in [4.78, 5) is 14.8. The second-order valence-electron chi connectivity index (χ2n) is 6.44. The highest BCUT2D eigenvalue weighted by molar-refractivity contribution is 9.10. The summed E-state index contributed by atoms with van der Waals surface area (Å²) in [7, 11) is 1.87. The number of benzene rings is 2. The van der Waals surface area contributed by atoms with Crippen molar-refractivity contribution >= 4 is 21.8 Å². The van der Waals surface area contributed by atoms with Crippen molar-refractivity contribution in [2.75, 3.05) is 13.8 Å². The van der Waals surface area contributed by atoms with Gasteiger partial charge in [0.1, 0.15) is 0 Å². The van der Waals surface area contributed by atoms with Crippen molar-refractivity contribution in [3.8, 4) is 11.5 Å². The van der Waals surface area contributed by atoms with Gasteiger partial charge in [0.05, 0.1) is 5.41 Å². The van der Waals surface area contributed by atoms with Crippen LogP contribution < -0.4 is 9.47 Å². The molecule has 0 spiro atoms. The average Bonchev–Trinajstić information content (AvgIpc) is 3.26. The third kappa shape index (κ3) is 2.67. The highest BCUT2D eigenvalue weighted by Crippen LogP contribution is 2.50. The standard InChI is InChI=1S/C19H18BrNO3/c1-21(11-13-5-6-16-17(9-13)24-12-23-16)18(22)19(7-8-19)14-3-2-4-15(20)10-14/h2-6,9-10H,7-8,11-12H2,1H3. The molecule has 5 heteroatoms. The molecule has 4 nitrogen and oxygen atoms in total. The number of ether oxygens (including phenoxy) is 2. The van der Waals surface area contributed by atoms with Crippen molar-refractivity contribution in [2.45, 2.75) is 24.8 Å². The van der Waals surface area contributed by atoms with Gasteiger partial charge < -0.3 is 14.4 Å². The molecule has 1 amide bonds. The van der Waals surface area contributed by atoms with Crippen LogP contribution in [-0.2, 0) is 16.8 Å². The summed E-state index contributed by atoms with van der Waals surface area (Å²) in [5.41, 5.74) is 1.79. The first kappa shape index (κ1) is 15.5. The van der Waals surface area contributed by atoms with Crippen LogP contribution in [0.1, 0.15) is 24.0 Å². The predicted molar refractivity (Wildman–Crippen MR) is 94.1 cm³/mol. The van der Waals surface area contributed by atoms with Crippen LogP contribution in [0.3, 0.4) is 0 Å². The summed E-state index contributed by atoms with van der Waals surface area (Å²) in [6, 6.07) is 13.9. The van der Waals surface area contributed by atoms with Crippen molar-refractivity contribution in [1.82, 2.24) is 4.90 Å². The first-order valence-corrected chi connectivity index (χ1v) is 8.78. The normalized spacial score (nSPS) is 16.8. The number of amides is 1. The smallest absolute Gasteiger partial charge is 0.233 e. The quantitative estimate of drug-likeness (QED) is 0.799. The molecule has 0 atom stereocenters. The van der Waals surface area contributed by atoms with E-state index in [0.29, 0.717) is 6.54 Å². The third-order valence-electron chi connectivity index (χ3n) is 4.74. The fourth-order valence-corrected chi connectivity index (χ4v) is 3.69. The van der Waals surface area contributed by atoms with Crippen molar-refractivity contribution < 1.29 is 14.3 Å². The number of carbonyl (C=O) groups is 1. The molecule has 0 radical (unpaired) electrons. The summed E-state index contributed by atoms with van der Waals surface area (Å²) in [6.07, 6.45) is 1.82. The summed E-state index contributed by atoms with van der Waals surface area (Å²) in [6.45, 7) is 0.824. The van der Waals surface area contributed by atoms with Gasteiger partial charge in [0.15, 0.2) is 11.5 Å². The number of carbonyl (C=O) groups excluding carboxylic acids is 1. The molecule has 2 aromatic carbocycles. The van der Waals surface area contributed by atoms with Gasteiger partial charge in [-0.2, -0.15) is 0 Å². The zero-order chi connectivity index (χ0) is 16.7. The summed E-state index contributed by atoms with van der Waals surface area (Å²) >= 11 is 3.50. The van der Waals surface area contributed by atoms with Gasteiger partial charge in [0.25, 0.3) is 0 Å². The Balaban J connectivity index is 1.52. The van der Waals surface area contributed by atoms with Crippen molar-refractivity contribution in [3.05, 3.63) is 58.1 Å². The molecule has 1 aliphatic heterocycles. The number of fused-ring (bicyclic) bond motifs is 1. The van der Waals surface area contributed by atoms with Crippen LogP contribution >= 0.6 is 15.9 Å². The summed E-state index contributed by atoms with van der Waals surface area (Å²) in [5, 5.41) is 0. The first-order valence-electron chi connectivity index (χ1n) is 7.99. The van der Waals surface area contributed by atoms with Crippen LogP contribution in [0.5, 0.6) is 11.5 Å². The van der Waals surface area contributed by atoms with E-state index >= 15 is 0 Å². The first-order chi connectivity index (χ1) is 11.6. The third-order valence-corrected chi connectivity index (χ3v) is 5.23.